The molecule has 1 aromatic heterocycles. The molecule has 0 N–H and O–H groups in total. The summed E-state index contributed by atoms with van der Waals surface area (Å²) in [6, 6.07) is 7.77. The minimum Gasteiger partial charge on any atom is -0.485 e. The fourth-order valence-corrected chi connectivity index (χ4v) is 2.48. The quantitative estimate of drug-likeness (QED) is 0.860. The van der Waals surface area contributed by atoms with Gasteiger partial charge in [0, 0.05) is 13.1 Å². The number of nitrogens with zero attached hydrogens (tertiary/aromatic N) is 3. The van der Waals surface area contributed by atoms with Gasteiger partial charge in [0.15, 0.2) is 5.69 Å². The summed E-state index contributed by atoms with van der Waals surface area (Å²) in [5.74, 6) is 0.783. The van der Waals surface area contributed by atoms with E-state index in [2.05, 4.69) is 4.98 Å². The average molecular weight is 271 g/mol. The maximum Gasteiger partial charge on any atom is 0.274 e. The van der Waals surface area contributed by atoms with Gasteiger partial charge in [-0.3, -0.25) is 9.36 Å². The Kier molecular flexibility index (Phi) is 3.18. The lowest BCUT2D eigenvalue weighted by Gasteiger charge is -2.22. The fraction of sp³-hybridized carbons (Fsp3) is 0.333. The van der Waals surface area contributed by atoms with E-state index in [0.29, 0.717) is 25.4 Å². The molecule has 1 aliphatic heterocycles. The number of aromatic nitrogens is 2. The van der Waals surface area contributed by atoms with E-state index in [-0.39, 0.29) is 5.91 Å². The molecule has 0 atom stereocenters. The number of hydrogen-bond acceptors (Lipinski definition) is 3. The zero-order valence-electron chi connectivity index (χ0n) is 11.7. The molecule has 20 heavy (non-hydrogen) atoms. The van der Waals surface area contributed by atoms with Gasteiger partial charge in [0.2, 0.25) is 0 Å². The zero-order valence-corrected chi connectivity index (χ0v) is 11.7. The van der Waals surface area contributed by atoms with Crippen LogP contribution >= 0.6 is 0 Å². The Hall–Kier alpha value is -2.30. The lowest BCUT2D eigenvalue weighted by molar-refractivity contribution is 0.0764. The van der Waals surface area contributed by atoms with Crippen molar-refractivity contribution in [2.75, 3.05) is 13.1 Å². The standard InChI is InChI=1S/C15H17N3O2/c1-3-17(4-2)15(19)14-12-9-20-13-8-6-5-7-11(13)18(12)10-16-14/h5-8,10H,3-4,9H2,1-2H3. The summed E-state index contributed by atoms with van der Waals surface area (Å²) in [6.45, 7) is 5.67. The van der Waals surface area contributed by atoms with E-state index >= 15 is 0 Å². The molecule has 104 valence electrons. The van der Waals surface area contributed by atoms with Crippen molar-refractivity contribution >= 4 is 5.91 Å². The van der Waals surface area contributed by atoms with Gasteiger partial charge in [0.25, 0.3) is 5.91 Å². The highest BCUT2D eigenvalue weighted by Gasteiger charge is 2.26. The first-order chi connectivity index (χ1) is 9.76. The summed E-state index contributed by atoms with van der Waals surface area (Å²) >= 11 is 0. The molecule has 3 rings (SSSR count). The van der Waals surface area contributed by atoms with Crippen LogP contribution in [-0.4, -0.2) is 33.4 Å². The summed E-state index contributed by atoms with van der Waals surface area (Å²) in [6.07, 6.45) is 1.70. The molecule has 5 heteroatoms. The molecule has 0 unspecified atom stereocenters. The molecule has 2 aromatic rings. The number of benzene rings is 1. The number of rotatable bonds is 3. The molecule has 2 heterocycles. The molecule has 0 saturated heterocycles. The lowest BCUT2D eigenvalue weighted by Crippen LogP contribution is -2.32. The monoisotopic (exact) mass is 271 g/mol. The van der Waals surface area contributed by atoms with Crippen LogP contribution in [0.15, 0.2) is 30.6 Å². The van der Waals surface area contributed by atoms with Crippen LogP contribution in [0.1, 0.15) is 30.0 Å². The molecule has 5 nitrogen and oxygen atoms in total. The van der Waals surface area contributed by atoms with Gasteiger partial charge < -0.3 is 9.64 Å². The highest BCUT2D eigenvalue weighted by Crippen LogP contribution is 2.30. The fourth-order valence-electron chi connectivity index (χ4n) is 2.48. The first-order valence-corrected chi connectivity index (χ1v) is 6.84. The van der Waals surface area contributed by atoms with Crippen molar-refractivity contribution in [1.29, 1.82) is 0 Å². The van der Waals surface area contributed by atoms with Gasteiger partial charge in [-0.05, 0) is 26.0 Å². The Morgan fingerprint density at radius 1 is 1.35 bits per heavy atom. The second kappa shape index (κ2) is 5.00. The SMILES string of the molecule is CCN(CC)C(=O)c1ncn2c1COc1ccccc1-2. The summed E-state index contributed by atoms with van der Waals surface area (Å²) in [4.78, 5) is 18.5. The van der Waals surface area contributed by atoms with Crippen molar-refractivity contribution in [3.05, 3.63) is 42.0 Å². The summed E-state index contributed by atoms with van der Waals surface area (Å²) in [5.41, 5.74) is 2.24. The van der Waals surface area contributed by atoms with Crippen molar-refractivity contribution < 1.29 is 9.53 Å². The first-order valence-electron chi connectivity index (χ1n) is 6.84. The van der Waals surface area contributed by atoms with Crippen molar-refractivity contribution in [2.45, 2.75) is 20.5 Å². The zero-order chi connectivity index (χ0) is 14.1. The van der Waals surface area contributed by atoms with Gasteiger partial charge in [0.05, 0.1) is 11.4 Å². The number of para-hydroxylation sites is 2. The Balaban J connectivity index is 2.03. The Morgan fingerprint density at radius 3 is 2.85 bits per heavy atom. The third-order valence-electron chi connectivity index (χ3n) is 3.61. The Labute approximate surface area is 117 Å². The van der Waals surface area contributed by atoms with Crippen LogP contribution in [0.3, 0.4) is 0 Å². The summed E-state index contributed by atoms with van der Waals surface area (Å²) in [7, 11) is 0. The van der Waals surface area contributed by atoms with E-state index in [1.165, 1.54) is 0 Å². The molecule has 0 aliphatic carbocycles. The topological polar surface area (TPSA) is 47.4 Å². The number of fused-ring (bicyclic) bond motifs is 3. The smallest absolute Gasteiger partial charge is 0.274 e. The third-order valence-corrected chi connectivity index (χ3v) is 3.61. The molecule has 0 bridgehead atoms. The first kappa shape index (κ1) is 12.7. The number of hydrogen-bond donors (Lipinski definition) is 0. The molecule has 1 amide bonds. The van der Waals surface area contributed by atoms with Crippen LogP contribution in [0.5, 0.6) is 5.75 Å². The van der Waals surface area contributed by atoms with Gasteiger partial charge in [-0.15, -0.1) is 0 Å². The largest absolute Gasteiger partial charge is 0.485 e. The van der Waals surface area contributed by atoms with Crippen molar-refractivity contribution in [3.63, 3.8) is 0 Å². The van der Waals surface area contributed by atoms with Crippen molar-refractivity contribution in [2.24, 2.45) is 0 Å². The van der Waals surface area contributed by atoms with Crippen LogP contribution in [0.25, 0.3) is 5.69 Å². The van der Waals surface area contributed by atoms with E-state index < -0.39 is 0 Å². The Morgan fingerprint density at radius 2 is 2.10 bits per heavy atom. The molecule has 0 radical (unpaired) electrons. The van der Waals surface area contributed by atoms with E-state index in [1.807, 2.05) is 42.7 Å². The lowest BCUT2D eigenvalue weighted by atomic mass is 10.2. The van der Waals surface area contributed by atoms with Gasteiger partial charge in [0.1, 0.15) is 18.7 Å². The van der Waals surface area contributed by atoms with E-state index in [9.17, 15) is 4.79 Å². The normalized spacial score (nSPS) is 12.3. The van der Waals surface area contributed by atoms with Crippen LogP contribution in [0, 0.1) is 0 Å². The predicted octanol–water partition coefficient (Wildman–Crippen LogP) is 2.25. The molecule has 1 aliphatic rings. The Bertz CT molecular complexity index is 644. The second-order valence-electron chi connectivity index (χ2n) is 4.64. The molecule has 1 aromatic carbocycles. The van der Waals surface area contributed by atoms with Crippen molar-refractivity contribution in [3.8, 4) is 11.4 Å². The van der Waals surface area contributed by atoms with Gasteiger partial charge in [-0.25, -0.2) is 4.98 Å². The van der Waals surface area contributed by atoms with Crippen LogP contribution in [0.4, 0.5) is 0 Å². The predicted molar refractivity (Wildman–Crippen MR) is 75.1 cm³/mol. The molecular formula is C15H17N3O2. The number of amides is 1. The van der Waals surface area contributed by atoms with Crippen LogP contribution in [-0.2, 0) is 6.61 Å². The minimum atomic E-state index is -0.0354. The van der Waals surface area contributed by atoms with Crippen molar-refractivity contribution in [1.82, 2.24) is 14.5 Å². The number of carbonyl (C=O) groups excluding carboxylic acids is 1. The van der Waals surface area contributed by atoms with Gasteiger partial charge in [-0.1, -0.05) is 12.1 Å². The van der Waals surface area contributed by atoms with Gasteiger partial charge in [-0.2, -0.15) is 0 Å². The number of carbonyl (C=O) groups is 1. The number of imidazole rings is 1. The molecule has 0 saturated carbocycles. The molecule has 0 spiro atoms. The average Bonchev–Trinajstić information content (AvgIpc) is 2.92. The molecular weight excluding hydrogens is 254 g/mol. The van der Waals surface area contributed by atoms with E-state index in [4.69, 9.17) is 4.74 Å². The second-order valence-corrected chi connectivity index (χ2v) is 4.64. The third kappa shape index (κ3) is 1.86. The number of ether oxygens (including phenoxy) is 1. The molecule has 0 fully saturated rings. The maximum atomic E-state index is 12.4. The minimum absolute atomic E-state index is 0.0354. The summed E-state index contributed by atoms with van der Waals surface area (Å²) in [5, 5.41) is 0. The highest BCUT2D eigenvalue weighted by atomic mass is 16.5. The highest BCUT2D eigenvalue weighted by molar-refractivity contribution is 5.93. The van der Waals surface area contributed by atoms with E-state index in [0.717, 1.165) is 17.1 Å². The van der Waals surface area contributed by atoms with Gasteiger partial charge >= 0.3 is 0 Å². The maximum absolute atomic E-state index is 12.4. The van der Waals surface area contributed by atoms with Crippen LogP contribution in [0.2, 0.25) is 0 Å². The summed E-state index contributed by atoms with van der Waals surface area (Å²) < 4.78 is 7.65. The van der Waals surface area contributed by atoms with E-state index in [1.54, 1.807) is 11.2 Å². The van der Waals surface area contributed by atoms with Crippen LogP contribution < -0.4 is 4.74 Å².